The van der Waals surface area contributed by atoms with Crippen LogP contribution in [0.25, 0.3) is 0 Å². The van der Waals surface area contributed by atoms with Crippen molar-refractivity contribution in [1.82, 2.24) is 4.31 Å². The van der Waals surface area contributed by atoms with Crippen molar-refractivity contribution in [3.63, 3.8) is 0 Å². The van der Waals surface area contributed by atoms with Crippen LogP contribution in [-0.4, -0.2) is 34.2 Å². The fourth-order valence-corrected chi connectivity index (χ4v) is 3.87. The maximum atomic E-state index is 12.2. The Labute approximate surface area is 112 Å². The molecular formula is C10H14ClNO4S2. The van der Waals surface area contributed by atoms with Crippen LogP contribution in [0.1, 0.15) is 13.8 Å². The third kappa shape index (κ3) is 3.23. The normalized spacial score (nSPS) is 12.9. The fourth-order valence-electron chi connectivity index (χ4n) is 1.50. The molecule has 0 unspecified atom stereocenters. The summed E-state index contributed by atoms with van der Waals surface area (Å²) in [5, 5.41) is 0. The molecule has 0 radical (unpaired) electrons. The van der Waals surface area contributed by atoms with E-state index in [0.29, 0.717) is 13.1 Å². The molecule has 1 aromatic rings. The first-order valence-electron chi connectivity index (χ1n) is 5.28. The monoisotopic (exact) mass is 311 g/mol. The van der Waals surface area contributed by atoms with Crippen molar-refractivity contribution in [1.29, 1.82) is 0 Å². The summed E-state index contributed by atoms with van der Waals surface area (Å²) in [6, 6.07) is 5.02. The highest BCUT2D eigenvalue weighted by Gasteiger charge is 2.23. The van der Waals surface area contributed by atoms with Gasteiger partial charge >= 0.3 is 0 Å². The fraction of sp³-hybridized carbons (Fsp3) is 0.400. The second-order valence-electron chi connectivity index (χ2n) is 3.50. The smallest absolute Gasteiger partial charge is 0.207 e. The van der Waals surface area contributed by atoms with Gasteiger partial charge in [-0.2, -0.15) is 4.31 Å². The van der Waals surface area contributed by atoms with E-state index in [1.165, 1.54) is 22.5 Å². The number of nitrogens with zero attached hydrogens (tertiary/aromatic N) is 1. The third-order valence-corrected chi connectivity index (χ3v) is 5.83. The van der Waals surface area contributed by atoms with Gasteiger partial charge in [-0.1, -0.05) is 19.9 Å². The van der Waals surface area contributed by atoms with Gasteiger partial charge in [0.25, 0.3) is 9.05 Å². The average molecular weight is 312 g/mol. The first kappa shape index (κ1) is 15.4. The minimum absolute atomic E-state index is 0.0760. The van der Waals surface area contributed by atoms with Crippen LogP contribution in [0.2, 0.25) is 0 Å². The van der Waals surface area contributed by atoms with Gasteiger partial charge in [0, 0.05) is 23.8 Å². The molecule has 0 saturated carbocycles. The van der Waals surface area contributed by atoms with Gasteiger partial charge < -0.3 is 0 Å². The van der Waals surface area contributed by atoms with E-state index in [0.717, 1.165) is 6.07 Å². The van der Waals surface area contributed by atoms with Crippen LogP contribution >= 0.6 is 10.7 Å². The minimum Gasteiger partial charge on any atom is -0.207 e. The molecule has 0 aliphatic rings. The second-order valence-corrected chi connectivity index (χ2v) is 8.01. The lowest BCUT2D eigenvalue weighted by Gasteiger charge is -2.18. The Kier molecular flexibility index (Phi) is 4.77. The molecule has 0 aromatic heterocycles. The van der Waals surface area contributed by atoms with Crippen LogP contribution in [0.15, 0.2) is 34.1 Å². The van der Waals surface area contributed by atoms with Gasteiger partial charge in [0.2, 0.25) is 10.0 Å². The lowest BCUT2D eigenvalue weighted by molar-refractivity contribution is 0.445. The molecule has 1 aromatic carbocycles. The van der Waals surface area contributed by atoms with E-state index in [2.05, 4.69) is 0 Å². The lowest BCUT2D eigenvalue weighted by atomic mass is 10.4. The zero-order valence-electron chi connectivity index (χ0n) is 10.00. The van der Waals surface area contributed by atoms with Crippen molar-refractivity contribution >= 4 is 29.8 Å². The number of halogens is 1. The van der Waals surface area contributed by atoms with Crippen molar-refractivity contribution in [2.24, 2.45) is 0 Å². The maximum absolute atomic E-state index is 12.2. The van der Waals surface area contributed by atoms with E-state index in [-0.39, 0.29) is 9.79 Å². The molecule has 0 heterocycles. The van der Waals surface area contributed by atoms with Crippen molar-refractivity contribution in [2.45, 2.75) is 23.6 Å². The van der Waals surface area contributed by atoms with Crippen molar-refractivity contribution in [3.8, 4) is 0 Å². The molecule has 18 heavy (non-hydrogen) atoms. The van der Waals surface area contributed by atoms with Crippen LogP contribution in [0, 0.1) is 0 Å². The Hall–Kier alpha value is -0.630. The van der Waals surface area contributed by atoms with E-state index in [4.69, 9.17) is 10.7 Å². The maximum Gasteiger partial charge on any atom is 0.261 e. The third-order valence-electron chi connectivity index (χ3n) is 2.43. The van der Waals surface area contributed by atoms with E-state index in [1.54, 1.807) is 13.8 Å². The predicted octanol–water partition coefficient (Wildman–Crippen LogP) is 1.64. The van der Waals surface area contributed by atoms with Gasteiger partial charge in [-0.3, -0.25) is 0 Å². The summed E-state index contributed by atoms with van der Waals surface area (Å²) in [5.74, 6) is 0. The second kappa shape index (κ2) is 5.56. The Morgan fingerprint density at radius 3 is 2.00 bits per heavy atom. The van der Waals surface area contributed by atoms with Crippen LogP contribution in [0.4, 0.5) is 0 Å². The summed E-state index contributed by atoms with van der Waals surface area (Å²) in [6.45, 7) is 4.06. The van der Waals surface area contributed by atoms with Gasteiger partial charge in [0.15, 0.2) is 0 Å². The predicted molar refractivity (Wildman–Crippen MR) is 69.6 cm³/mol. The number of hydrogen-bond acceptors (Lipinski definition) is 4. The van der Waals surface area contributed by atoms with Crippen molar-refractivity contribution < 1.29 is 16.8 Å². The van der Waals surface area contributed by atoms with Crippen molar-refractivity contribution in [3.05, 3.63) is 24.3 Å². The summed E-state index contributed by atoms with van der Waals surface area (Å²) in [7, 11) is -2.42. The van der Waals surface area contributed by atoms with Gasteiger partial charge in [-0.25, -0.2) is 16.8 Å². The Morgan fingerprint density at radius 1 is 1.06 bits per heavy atom. The summed E-state index contributed by atoms with van der Waals surface area (Å²) < 4.78 is 47.9. The summed E-state index contributed by atoms with van der Waals surface area (Å²) in [6.07, 6.45) is 0. The number of hydrogen-bond donors (Lipinski definition) is 0. The highest BCUT2D eigenvalue weighted by molar-refractivity contribution is 8.13. The molecule has 0 aliphatic heterocycles. The SMILES string of the molecule is CCN(CC)S(=O)(=O)c1cccc(S(=O)(=O)Cl)c1. The summed E-state index contributed by atoms with van der Waals surface area (Å²) >= 11 is 0. The molecule has 0 spiro atoms. The van der Waals surface area contributed by atoms with Crippen molar-refractivity contribution in [2.75, 3.05) is 13.1 Å². The van der Waals surface area contributed by atoms with Crippen LogP contribution in [0.5, 0.6) is 0 Å². The Balaban J connectivity index is 3.35. The van der Waals surface area contributed by atoms with Gasteiger partial charge in [-0.15, -0.1) is 0 Å². The van der Waals surface area contributed by atoms with Gasteiger partial charge in [0.05, 0.1) is 9.79 Å². The molecule has 0 amide bonds. The summed E-state index contributed by atoms with van der Waals surface area (Å²) in [4.78, 5) is -0.301. The zero-order valence-corrected chi connectivity index (χ0v) is 12.4. The van der Waals surface area contributed by atoms with Crippen LogP contribution in [0.3, 0.4) is 0 Å². The largest absolute Gasteiger partial charge is 0.261 e. The first-order chi connectivity index (χ1) is 8.23. The van der Waals surface area contributed by atoms with Gasteiger partial charge in [-0.05, 0) is 18.2 Å². The van der Waals surface area contributed by atoms with Crippen LogP contribution in [-0.2, 0) is 19.1 Å². The lowest BCUT2D eigenvalue weighted by Crippen LogP contribution is -2.30. The highest BCUT2D eigenvalue weighted by atomic mass is 35.7. The number of sulfonamides is 1. The molecule has 102 valence electrons. The molecule has 5 nitrogen and oxygen atoms in total. The topological polar surface area (TPSA) is 71.5 Å². The van der Waals surface area contributed by atoms with Gasteiger partial charge in [0.1, 0.15) is 0 Å². The highest BCUT2D eigenvalue weighted by Crippen LogP contribution is 2.21. The quantitative estimate of drug-likeness (QED) is 0.775. The van der Waals surface area contributed by atoms with E-state index in [1.807, 2.05) is 0 Å². The molecule has 0 fully saturated rings. The molecule has 8 heteroatoms. The van der Waals surface area contributed by atoms with E-state index in [9.17, 15) is 16.8 Å². The molecule has 0 N–H and O–H groups in total. The summed E-state index contributed by atoms with van der Waals surface area (Å²) in [5.41, 5.74) is 0. The Bertz CT molecular complexity index is 621. The Morgan fingerprint density at radius 2 is 1.56 bits per heavy atom. The number of benzene rings is 1. The molecule has 0 bridgehead atoms. The zero-order chi connectivity index (χ0) is 14.0. The number of rotatable bonds is 5. The molecule has 0 aliphatic carbocycles. The first-order valence-corrected chi connectivity index (χ1v) is 9.03. The minimum atomic E-state index is -3.94. The molecule has 1 rings (SSSR count). The average Bonchev–Trinajstić information content (AvgIpc) is 2.29. The van der Waals surface area contributed by atoms with E-state index < -0.39 is 19.1 Å². The molecule has 0 atom stereocenters. The molecular weight excluding hydrogens is 298 g/mol. The standard InChI is InChI=1S/C10H14ClNO4S2/c1-3-12(4-2)18(15,16)10-7-5-6-9(8-10)17(11,13)14/h5-8H,3-4H2,1-2H3. The van der Waals surface area contributed by atoms with Crippen LogP contribution < -0.4 is 0 Å². The molecule has 0 saturated heterocycles. The van der Waals surface area contributed by atoms with E-state index >= 15 is 0 Å².